The summed E-state index contributed by atoms with van der Waals surface area (Å²) < 4.78 is 0. The maximum absolute atomic E-state index is 12.2. The van der Waals surface area contributed by atoms with Gasteiger partial charge in [0.05, 0.1) is 17.8 Å². The molecule has 0 bridgehead atoms. The van der Waals surface area contributed by atoms with Crippen molar-refractivity contribution >= 4 is 11.6 Å². The van der Waals surface area contributed by atoms with Crippen molar-refractivity contribution in [3.05, 3.63) is 53.6 Å². The molecule has 0 atom stereocenters. The molecule has 0 saturated heterocycles. The maximum atomic E-state index is 12.2. The molecule has 1 amide bonds. The molecular formula is C16H14N2O3. The summed E-state index contributed by atoms with van der Waals surface area (Å²) in [7, 11) is 0. The Morgan fingerprint density at radius 3 is 2.71 bits per heavy atom. The van der Waals surface area contributed by atoms with Crippen LogP contribution in [0.1, 0.15) is 15.9 Å². The standard InChI is InChI=1S/C16H14N2O3/c17-9-3-5-11-4-1-2-6-14(11)18-16(21)13-10-12(19)7-8-15(13)20/h1-2,4,6-8,10,19-20H,9,17H2,(H,18,21). The Bertz CT molecular complexity index is 730. The average molecular weight is 282 g/mol. The number of hydrogen-bond acceptors (Lipinski definition) is 4. The highest BCUT2D eigenvalue weighted by molar-refractivity contribution is 6.07. The van der Waals surface area contributed by atoms with Crippen LogP contribution in [0.25, 0.3) is 0 Å². The molecule has 0 radical (unpaired) electrons. The predicted molar refractivity (Wildman–Crippen MR) is 80.1 cm³/mol. The number of hydrogen-bond donors (Lipinski definition) is 4. The molecule has 0 spiro atoms. The van der Waals surface area contributed by atoms with Gasteiger partial charge in [-0.1, -0.05) is 24.0 Å². The summed E-state index contributed by atoms with van der Waals surface area (Å²) in [6.07, 6.45) is 0. The molecule has 0 aromatic heterocycles. The third-order valence-corrected chi connectivity index (χ3v) is 2.73. The van der Waals surface area contributed by atoms with Crippen LogP contribution in [0.2, 0.25) is 0 Å². The van der Waals surface area contributed by atoms with Gasteiger partial charge in [0, 0.05) is 5.56 Å². The van der Waals surface area contributed by atoms with E-state index in [0.717, 1.165) is 0 Å². The second-order valence-electron chi connectivity index (χ2n) is 4.21. The van der Waals surface area contributed by atoms with Gasteiger partial charge in [0.25, 0.3) is 5.91 Å². The Kier molecular flexibility index (Phi) is 4.44. The molecule has 0 aliphatic rings. The molecule has 0 saturated carbocycles. The number of aromatic hydroxyl groups is 2. The zero-order chi connectivity index (χ0) is 15.2. The van der Waals surface area contributed by atoms with Crippen molar-refractivity contribution in [3.8, 4) is 23.3 Å². The Morgan fingerprint density at radius 1 is 1.19 bits per heavy atom. The van der Waals surface area contributed by atoms with Crippen molar-refractivity contribution < 1.29 is 15.0 Å². The van der Waals surface area contributed by atoms with Gasteiger partial charge in [0.1, 0.15) is 11.5 Å². The summed E-state index contributed by atoms with van der Waals surface area (Å²) >= 11 is 0. The molecule has 5 nitrogen and oxygen atoms in total. The largest absolute Gasteiger partial charge is 0.508 e. The van der Waals surface area contributed by atoms with Crippen LogP contribution < -0.4 is 11.1 Å². The fourth-order valence-electron chi connectivity index (χ4n) is 1.74. The predicted octanol–water partition coefficient (Wildman–Crippen LogP) is 1.66. The normalized spacial score (nSPS) is 9.57. The monoisotopic (exact) mass is 282 g/mol. The van der Waals surface area contributed by atoms with Gasteiger partial charge in [-0.25, -0.2) is 0 Å². The quantitative estimate of drug-likeness (QED) is 0.497. The van der Waals surface area contributed by atoms with E-state index in [4.69, 9.17) is 5.73 Å². The fourth-order valence-corrected chi connectivity index (χ4v) is 1.74. The number of para-hydroxylation sites is 1. The molecule has 0 aliphatic heterocycles. The Hall–Kier alpha value is -2.97. The molecule has 0 heterocycles. The van der Waals surface area contributed by atoms with Crippen molar-refractivity contribution in [2.24, 2.45) is 5.73 Å². The highest BCUT2D eigenvalue weighted by atomic mass is 16.3. The minimum Gasteiger partial charge on any atom is -0.508 e. The van der Waals surface area contributed by atoms with Gasteiger partial charge in [-0.2, -0.15) is 0 Å². The second kappa shape index (κ2) is 6.46. The first-order valence-corrected chi connectivity index (χ1v) is 6.23. The fraction of sp³-hybridized carbons (Fsp3) is 0.0625. The van der Waals surface area contributed by atoms with E-state index in [2.05, 4.69) is 17.2 Å². The third-order valence-electron chi connectivity index (χ3n) is 2.73. The van der Waals surface area contributed by atoms with Gasteiger partial charge in [0.15, 0.2) is 0 Å². The van der Waals surface area contributed by atoms with Gasteiger partial charge in [0.2, 0.25) is 0 Å². The van der Waals surface area contributed by atoms with Gasteiger partial charge in [-0.05, 0) is 30.3 Å². The molecule has 106 valence electrons. The van der Waals surface area contributed by atoms with Crippen molar-refractivity contribution in [1.29, 1.82) is 0 Å². The Labute approximate surface area is 122 Å². The summed E-state index contributed by atoms with van der Waals surface area (Å²) in [6, 6.07) is 10.7. The van der Waals surface area contributed by atoms with Crippen LogP contribution in [-0.2, 0) is 0 Å². The SMILES string of the molecule is NCC#Cc1ccccc1NC(=O)c1cc(O)ccc1O. The molecule has 5 heteroatoms. The van der Waals surface area contributed by atoms with E-state index in [9.17, 15) is 15.0 Å². The van der Waals surface area contributed by atoms with E-state index in [0.29, 0.717) is 11.3 Å². The molecule has 0 fully saturated rings. The van der Waals surface area contributed by atoms with E-state index >= 15 is 0 Å². The Balaban J connectivity index is 2.30. The van der Waals surface area contributed by atoms with E-state index in [1.165, 1.54) is 18.2 Å². The summed E-state index contributed by atoms with van der Waals surface area (Å²) in [5, 5.41) is 21.7. The molecule has 5 N–H and O–H groups in total. The molecule has 0 aliphatic carbocycles. The first-order chi connectivity index (χ1) is 10.1. The van der Waals surface area contributed by atoms with Crippen LogP contribution in [0.3, 0.4) is 0 Å². The number of amides is 1. The van der Waals surface area contributed by atoms with Crippen molar-refractivity contribution in [2.45, 2.75) is 0 Å². The maximum Gasteiger partial charge on any atom is 0.259 e. The highest BCUT2D eigenvalue weighted by Gasteiger charge is 2.13. The number of carbonyl (C=O) groups is 1. The molecular weight excluding hydrogens is 268 g/mol. The van der Waals surface area contributed by atoms with Gasteiger partial charge in [-0.3, -0.25) is 4.79 Å². The summed E-state index contributed by atoms with van der Waals surface area (Å²) in [6.45, 7) is 0.218. The number of phenolic OH excluding ortho intramolecular Hbond substituents is 2. The molecule has 21 heavy (non-hydrogen) atoms. The number of carbonyl (C=O) groups excluding carboxylic acids is 1. The van der Waals surface area contributed by atoms with Crippen LogP contribution in [0.5, 0.6) is 11.5 Å². The number of benzene rings is 2. The molecule has 2 aromatic carbocycles. The van der Waals surface area contributed by atoms with Crippen LogP contribution in [0.4, 0.5) is 5.69 Å². The average Bonchev–Trinajstić information content (AvgIpc) is 2.48. The molecule has 2 aromatic rings. The molecule has 0 unspecified atom stereocenters. The minimum atomic E-state index is -0.537. The van der Waals surface area contributed by atoms with E-state index < -0.39 is 5.91 Å². The second-order valence-corrected chi connectivity index (χ2v) is 4.21. The lowest BCUT2D eigenvalue weighted by molar-refractivity contribution is 0.102. The number of nitrogens with one attached hydrogen (secondary N) is 1. The number of nitrogens with two attached hydrogens (primary N) is 1. The number of phenols is 2. The summed E-state index contributed by atoms with van der Waals surface area (Å²) in [5.41, 5.74) is 6.44. The first-order valence-electron chi connectivity index (χ1n) is 6.23. The van der Waals surface area contributed by atoms with Crippen molar-refractivity contribution in [2.75, 3.05) is 11.9 Å². The molecule has 2 rings (SSSR count). The summed E-state index contributed by atoms with van der Waals surface area (Å²) in [4.78, 5) is 12.2. The number of anilines is 1. The van der Waals surface area contributed by atoms with Crippen molar-refractivity contribution in [3.63, 3.8) is 0 Å². The minimum absolute atomic E-state index is 0.0170. The van der Waals surface area contributed by atoms with Crippen molar-refractivity contribution in [1.82, 2.24) is 0 Å². The topological polar surface area (TPSA) is 95.6 Å². The van der Waals surface area contributed by atoms with E-state index in [1.807, 2.05) is 0 Å². The zero-order valence-corrected chi connectivity index (χ0v) is 11.1. The lowest BCUT2D eigenvalue weighted by Gasteiger charge is -2.09. The smallest absolute Gasteiger partial charge is 0.259 e. The van der Waals surface area contributed by atoms with E-state index in [-0.39, 0.29) is 23.6 Å². The van der Waals surface area contributed by atoms with Crippen LogP contribution in [0, 0.1) is 11.8 Å². The Morgan fingerprint density at radius 2 is 1.95 bits per heavy atom. The van der Waals surface area contributed by atoms with Gasteiger partial charge in [-0.15, -0.1) is 0 Å². The number of rotatable bonds is 2. The van der Waals surface area contributed by atoms with Crippen LogP contribution in [0.15, 0.2) is 42.5 Å². The van der Waals surface area contributed by atoms with Crippen LogP contribution in [-0.4, -0.2) is 22.7 Å². The van der Waals surface area contributed by atoms with Gasteiger partial charge < -0.3 is 21.3 Å². The van der Waals surface area contributed by atoms with E-state index in [1.54, 1.807) is 24.3 Å². The summed E-state index contributed by atoms with van der Waals surface area (Å²) in [5.74, 6) is 4.72. The first kappa shape index (κ1) is 14.4. The van der Waals surface area contributed by atoms with Gasteiger partial charge >= 0.3 is 0 Å². The third kappa shape index (κ3) is 3.53. The lowest BCUT2D eigenvalue weighted by Crippen LogP contribution is -2.13. The van der Waals surface area contributed by atoms with Crippen LogP contribution >= 0.6 is 0 Å². The zero-order valence-electron chi connectivity index (χ0n) is 11.1. The lowest BCUT2D eigenvalue weighted by atomic mass is 10.1. The highest BCUT2D eigenvalue weighted by Crippen LogP contribution is 2.24.